The molecule has 0 bridgehead atoms. The van der Waals surface area contributed by atoms with Gasteiger partial charge >= 0.3 is 0 Å². The summed E-state index contributed by atoms with van der Waals surface area (Å²) in [5, 5.41) is 0. The number of halogens is 1. The van der Waals surface area contributed by atoms with Crippen LogP contribution in [0.25, 0.3) is 0 Å². The van der Waals surface area contributed by atoms with Crippen LogP contribution in [0, 0.1) is 12.7 Å². The Morgan fingerprint density at radius 2 is 1.72 bits per heavy atom. The topological polar surface area (TPSA) is 53.1 Å². The summed E-state index contributed by atoms with van der Waals surface area (Å²) < 4.78 is 19.1. The highest BCUT2D eigenvalue weighted by Crippen LogP contribution is 2.38. The molecule has 1 saturated heterocycles. The fourth-order valence-corrected chi connectivity index (χ4v) is 3.93. The lowest BCUT2D eigenvalue weighted by molar-refractivity contribution is -0.156. The van der Waals surface area contributed by atoms with Crippen LogP contribution in [-0.2, 0) is 9.59 Å². The largest absolute Gasteiger partial charge is 0.465 e. The van der Waals surface area contributed by atoms with Gasteiger partial charge in [-0.2, -0.15) is 0 Å². The Morgan fingerprint density at radius 1 is 1.07 bits per heavy atom. The van der Waals surface area contributed by atoms with Gasteiger partial charge in [-0.1, -0.05) is 6.07 Å². The number of carbonyl (C=O) groups excluding carboxylic acids is 2. The highest BCUT2D eigenvalue weighted by Gasteiger charge is 2.51. The maximum Gasteiger partial charge on any atom is 0.280 e. The number of carbonyl (C=O) groups is 2. The first kappa shape index (κ1) is 19.2. The Kier molecular flexibility index (Phi) is 4.68. The molecular formula is C22H24FN3O3. The van der Waals surface area contributed by atoms with Crippen LogP contribution in [0.5, 0.6) is 5.75 Å². The molecule has 29 heavy (non-hydrogen) atoms. The molecule has 0 N–H and O–H groups in total. The molecule has 1 atom stereocenters. The van der Waals surface area contributed by atoms with Gasteiger partial charge in [0.25, 0.3) is 17.4 Å². The van der Waals surface area contributed by atoms with E-state index in [1.807, 2.05) is 19.1 Å². The SMILES string of the molecule is Cc1ccc2c(c1)N(C)C(=O)C(C)(C(=O)N1CCN(c3ccc(F)cc3)CC1)O2. The van der Waals surface area contributed by atoms with Crippen molar-refractivity contribution in [2.24, 2.45) is 0 Å². The second-order valence-electron chi connectivity index (χ2n) is 7.73. The van der Waals surface area contributed by atoms with Crippen LogP contribution in [0.15, 0.2) is 42.5 Å². The predicted molar refractivity (Wildman–Crippen MR) is 109 cm³/mol. The minimum Gasteiger partial charge on any atom is -0.465 e. The van der Waals surface area contributed by atoms with E-state index in [2.05, 4.69) is 4.90 Å². The average molecular weight is 397 g/mol. The molecule has 2 amide bonds. The molecule has 152 valence electrons. The molecule has 0 aromatic heterocycles. The number of hydrogen-bond acceptors (Lipinski definition) is 4. The van der Waals surface area contributed by atoms with Gasteiger partial charge in [0.05, 0.1) is 5.69 Å². The standard InChI is InChI=1S/C22H24FN3O3/c1-15-4-9-19-18(14-15)24(3)20(27)22(2,29-19)21(28)26-12-10-25(11-13-26)17-7-5-16(23)6-8-17/h4-9,14H,10-13H2,1-3H3. The van der Waals surface area contributed by atoms with Crippen molar-refractivity contribution in [3.05, 3.63) is 53.8 Å². The van der Waals surface area contributed by atoms with Gasteiger partial charge in [0.2, 0.25) is 0 Å². The summed E-state index contributed by atoms with van der Waals surface area (Å²) in [5.74, 6) is -0.456. The van der Waals surface area contributed by atoms with Crippen LogP contribution < -0.4 is 14.5 Å². The second kappa shape index (κ2) is 7.06. The van der Waals surface area contributed by atoms with Crippen molar-refractivity contribution in [3.8, 4) is 5.75 Å². The van der Waals surface area contributed by atoms with Crippen LogP contribution in [0.3, 0.4) is 0 Å². The summed E-state index contributed by atoms with van der Waals surface area (Å²) in [7, 11) is 1.67. The van der Waals surface area contributed by atoms with E-state index < -0.39 is 5.60 Å². The number of nitrogens with zero attached hydrogens (tertiary/aromatic N) is 3. The first-order valence-corrected chi connectivity index (χ1v) is 9.67. The molecule has 0 spiro atoms. The maximum atomic E-state index is 13.3. The highest BCUT2D eigenvalue weighted by molar-refractivity contribution is 6.16. The summed E-state index contributed by atoms with van der Waals surface area (Å²) >= 11 is 0. The normalized spacial score (nSPS) is 21.7. The van der Waals surface area contributed by atoms with E-state index >= 15 is 0 Å². The van der Waals surface area contributed by atoms with Crippen molar-refractivity contribution in [2.75, 3.05) is 43.0 Å². The lowest BCUT2D eigenvalue weighted by Gasteiger charge is -2.43. The number of hydrogen-bond donors (Lipinski definition) is 0. The van der Waals surface area contributed by atoms with Crippen molar-refractivity contribution < 1.29 is 18.7 Å². The Labute approximate surface area is 169 Å². The van der Waals surface area contributed by atoms with Crippen LogP contribution in [-0.4, -0.2) is 55.5 Å². The van der Waals surface area contributed by atoms with Gasteiger partial charge in [-0.25, -0.2) is 4.39 Å². The van der Waals surface area contributed by atoms with Crippen molar-refractivity contribution in [1.29, 1.82) is 0 Å². The summed E-state index contributed by atoms with van der Waals surface area (Å²) in [6.45, 7) is 5.63. The number of amides is 2. The molecule has 0 aliphatic carbocycles. The van der Waals surface area contributed by atoms with Crippen LogP contribution >= 0.6 is 0 Å². The third kappa shape index (κ3) is 3.30. The number of likely N-dealkylation sites (N-methyl/N-ethyl adjacent to an activating group) is 1. The third-order valence-corrected chi connectivity index (χ3v) is 5.67. The molecule has 0 saturated carbocycles. The van der Waals surface area contributed by atoms with E-state index in [1.54, 1.807) is 37.1 Å². The fourth-order valence-electron chi connectivity index (χ4n) is 3.93. The first-order chi connectivity index (χ1) is 13.8. The molecule has 1 fully saturated rings. The zero-order valence-corrected chi connectivity index (χ0v) is 16.8. The molecule has 0 radical (unpaired) electrons. The molecule has 2 aromatic rings. The fraction of sp³-hybridized carbons (Fsp3) is 0.364. The van der Waals surface area contributed by atoms with Gasteiger partial charge in [0.15, 0.2) is 0 Å². The van der Waals surface area contributed by atoms with E-state index in [-0.39, 0.29) is 17.6 Å². The minimum absolute atomic E-state index is 0.275. The molecule has 2 aliphatic heterocycles. The molecule has 2 aliphatic rings. The number of anilines is 2. The smallest absolute Gasteiger partial charge is 0.280 e. The average Bonchev–Trinajstić information content (AvgIpc) is 2.73. The predicted octanol–water partition coefficient (Wildman–Crippen LogP) is 2.60. The van der Waals surface area contributed by atoms with Gasteiger partial charge in [0.1, 0.15) is 11.6 Å². The number of ether oxygens (including phenoxy) is 1. The lowest BCUT2D eigenvalue weighted by Crippen LogP contribution is -2.64. The Balaban J connectivity index is 1.50. The Hall–Kier alpha value is -3.09. The Bertz CT molecular complexity index is 954. The van der Waals surface area contributed by atoms with E-state index in [0.29, 0.717) is 37.6 Å². The van der Waals surface area contributed by atoms with Crippen LogP contribution in [0.4, 0.5) is 15.8 Å². The lowest BCUT2D eigenvalue weighted by atomic mass is 9.98. The van der Waals surface area contributed by atoms with Crippen molar-refractivity contribution >= 4 is 23.2 Å². The number of rotatable bonds is 2. The highest BCUT2D eigenvalue weighted by atomic mass is 19.1. The van der Waals surface area contributed by atoms with Gasteiger partial charge in [-0.05, 0) is 55.8 Å². The third-order valence-electron chi connectivity index (χ3n) is 5.67. The van der Waals surface area contributed by atoms with E-state index in [1.165, 1.54) is 17.0 Å². The van der Waals surface area contributed by atoms with Crippen molar-refractivity contribution in [3.63, 3.8) is 0 Å². The number of benzene rings is 2. The first-order valence-electron chi connectivity index (χ1n) is 9.67. The number of fused-ring (bicyclic) bond motifs is 1. The summed E-state index contributed by atoms with van der Waals surface area (Å²) in [4.78, 5) is 31.6. The molecule has 2 heterocycles. The monoisotopic (exact) mass is 397 g/mol. The second-order valence-corrected chi connectivity index (χ2v) is 7.73. The van der Waals surface area contributed by atoms with E-state index in [4.69, 9.17) is 4.74 Å². The zero-order valence-electron chi connectivity index (χ0n) is 16.8. The van der Waals surface area contributed by atoms with Gasteiger partial charge in [0, 0.05) is 38.9 Å². The molecular weight excluding hydrogens is 373 g/mol. The van der Waals surface area contributed by atoms with Gasteiger partial charge in [-0.3, -0.25) is 9.59 Å². The quantitative estimate of drug-likeness (QED) is 0.731. The zero-order chi connectivity index (χ0) is 20.8. The van der Waals surface area contributed by atoms with Crippen LogP contribution in [0.2, 0.25) is 0 Å². The summed E-state index contributed by atoms with van der Waals surface area (Å²) in [6.07, 6.45) is 0. The minimum atomic E-state index is -1.59. The molecule has 2 aromatic carbocycles. The van der Waals surface area contributed by atoms with Gasteiger partial charge < -0.3 is 19.4 Å². The summed E-state index contributed by atoms with van der Waals surface area (Å²) in [5.41, 5.74) is 1.01. The van der Waals surface area contributed by atoms with Crippen molar-refractivity contribution in [1.82, 2.24) is 4.90 Å². The van der Waals surface area contributed by atoms with Gasteiger partial charge in [-0.15, -0.1) is 0 Å². The van der Waals surface area contributed by atoms with Crippen molar-refractivity contribution in [2.45, 2.75) is 19.4 Å². The van der Waals surface area contributed by atoms with E-state index in [9.17, 15) is 14.0 Å². The number of piperazine rings is 1. The van der Waals surface area contributed by atoms with Crippen LogP contribution in [0.1, 0.15) is 12.5 Å². The molecule has 4 rings (SSSR count). The summed E-state index contributed by atoms with van der Waals surface area (Å²) in [6, 6.07) is 11.9. The number of aryl methyl sites for hydroxylation is 1. The maximum absolute atomic E-state index is 13.3. The Morgan fingerprint density at radius 3 is 2.38 bits per heavy atom. The molecule has 1 unspecified atom stereocenters. The molecule has 6 nitrogen and oxygen atoms in total. The molecule has 7 heteroatoms. The van der Waals surface area contributed by atoms with E-state index in [0.717, 1.165) is 11.3 Å².